The fourth-order valence-electron chi connectivity index (χ4n) is 1.74. The average molecular weight is 235 g/mol. The maximum Gasteiger partial charge on any atom is 0.257 e. The van der Waals surface area contributed by atoms with E-state index >= 15 is 0 Å². The Morgan fingerprint density at radius 1 is 1.65 bits per heavy atom. The van der Waals surface area contributed by atoms with Crippen molar-refractivity contribution in [2.45, 2.75) is 18.9 Å². The van der Waals surface area contributed by atoms with Gasteiger partial charge < -0.3 is 10.1 Å². The molecule has 0 aromatic carbocycles. The van der Waals surface area contributed by atoms with Gasteiger partial charge in [-0.25, -0.2) is 0 Å². The van der Waals surface area contributed by atoms with Crippen molar-refractivity contribution >= 4 is 0 Å². The first kappa shape index (κ1) is 11.4. The summed E-state index contributed by atoms with van der Waals surface area (Å²) in [4.78, 5) is 14.0. The first-order chi connectivity index (χ1) is 8.25. The van der Waals surface area contributed by atoms with Gasteiger partial charge in [0.05, 0.1) is 11.1 Å². The van der Waals surface area contributed by atoms with Gasteiger partial charge in [-0.3, -0.25) is 15.1 Å². The van der Waals surface area contributed by atoms with Crippen molar-refractivity contribution in [3.63, 3.8) is 0 Å². The molecule has 17 heavy (non-hydrogen) atoms. The highest BCUT2D eigenvalue weighted by Crippen LogP contribution is 2.19. The van der Waals surface area contributed by atoms with E-state index in [1.54, 1.807) is 24.5 Å². The monoisotopic (exact) mass is 235 g/mol. The lowest BCUT2D eigenvalue weighted by Gasteiger charge is -2.25. The largest absolute Gasteiger partial charge is 0.482 e. The van der Waals surface area contributed by atoms with Crippen LogP contribution in [-0.4, -0.2) is 22.6 Å². The molecule has 0 saturated carbocycles. The van der Waals surface area contributed by atoms with Crippen LogP contribution in [0.25, 0.3) is 0 Å². The Morgan fingerprint density at radius 2 is 2.53 bits per heavy atom. The van der Waals surface area contributed by atoms with E-state index in [4.69, 9.17) is 4.74 Å². The van der Waals surface area contributed by atoms with Crippen molar-refractivity contribution in [3.05, 3.63) is 46.5 Å². The molecule has 1 aromatic heterocycles. The molecule has 0 spiro atoms. The quantitative estimate of drug-likeness (QED) is 0.631. The van der Waals surface area contributed by atoms with E-state index in [1.807, 2.05) is 0 Å². The molecule has 1 fully saturated rings. The number of rotatable bonds is 3. The van der Waals surface area contributed by atoms with Gasteiger partial charge in [-0.2, -0.15) is 0 Å². The van der Waals surface area contributed by atoms with Crippen LogP contribution in [-0.2, 0) is 0 Å². The third-order valence-corrected chi connectivity index (χ3v) is 2.48. The number of nitro groups is 1. The third kappa shape index (κ3) is 3.17. The Bertz CT molecular complexity index is 419. The lowest BCUT2D eigenvalue weighted by molar-refractivity contribution is -0.404. The summed E-state index contributed by atoms with van der Waals surface area (Å²) < 4.78 is 5.67. The first-order valence-electron chi connectivity index (χ1n) is 5.41. The summed E-state index contributed by atoms with van der Waals surface area (Å²) in [5, 5.41) is 13.5. The molecule has 1 aromatic rings. The summed E-state index contributed by atoms with van der Waals surface area (Å²) >= 11 is 0. The van der Waals surface area contributed by atoms with Crippen LogP contribution in [0.15, 0.2) is 36.4 Å². The molecule has 0 radical (unpaired) electrons. The number of hydrogen-bond donors (Lipinski definition) is 1. The zero-order chi connectivity index (χ0) is 12.1. The second-order valence-corrected chi connectivity index (χ2v) is 3.73. The van der Waals surface area contributed by atoms with Crippen LogP contribution >= 0.6 is 0 Å². The first-order valence-corrected chi connectivity index (χ1v) is 5.41. The van der Waals surface area contributed by atoms with Crippen LogP contribution in [0.2, 0.25) is 0 Å². The molecule has 1 saturated heterocycles. The maximum absolute atomic E-state index is 10.5. The Hall–Kier alpha value is -2.11. The van der Waals surface area contributed by atoms with Crippen LogP contribution < -0.4 is 10.1 Å². The van der Waals surface area contributed by atoms with E-state index in [2.05, 4.69) is 10.3 Å². The number of nitrogens with zero attached hydrogens (tertiary/aromatic N) is 2. The van der Waals surface area contributed by atoms with Crippen molar-refractivity contribution in [2.75, 3.05) is 6.54 Å². The molecule has 0 amide bonds. The van der Waals surface area contributed by atoms with Gasteiger partial charge in [-0.05, 0) is 25.0 Å². The van der Waals surface area contributed by atoms with E-state index in [-0.39, 0.29) is 6.10 Å². The van der Waals surface area contributed by atoms with Gasteiger partial charge in [0.15, 0.2) is 0 Å². The third-order valence-electron chi connectivity index (χ3n) is 2.48. The van der Waals surface area contributed by atoms with Crippen LogP contribution in [0.5, 0.6) is 5.75 Å². The second-order valence-electron chi connectivity index (χ2n) is 3.73. The van der Waals surface area contributed by atoms with Crippen molar-refractivity contribution in [2.24, 2.45) is 0 Å². The number of ether oxygens (including phenoxy) is 1. The molecular formula is C11H13N3O3. The molecule has 0 aliphatic carbocycles. The molecule has 6 nitrogen and oxygen atoms in total. The molecule has 1 aliphatic heterocycles. The van der Waals surface area contributed by atoms with Crippen molar-refractivity contribution < 1.29 is 9.66 Å². The highest BCUT2D eigenvalue weighted by atomic mass is 16.6. The predicted octanol–water partition coefficient (Wildman–Crippen LogP) is 1.33. The maximum atomic E-state index is 10.5. The Balaban J connectivity index is 2.09. The molecule has 0 bridgehead atoms. The summed E-state index contributed by atoms with van der Waals surface area (Å²) in [5.74, 6) is 0.621. The lowest BCUT2D eigenvalue weighted by atomic mass is 10.1. The topological polar surface area (TPSA) is 77.3 Å². The molecule has 1 atom stereocenters. The Morgan fingerprint density at radius 3 is 3.24 bits per heavy atom. The van der Waals surface area contributed by atoms with Gasteiger partial charge in [0.2, 0.25) is 0 Å². The standard InChI is InChI=1S/C11H13N3O3/c15-14(16)8-10-11(4-2-6-13-10)17-9-3-1-5-12-7-9/h1,3,5,7-8,11,13H,2,4,6H2/b10-8-. The SMILES string of the molecule is O=[N+]([O-])/C=C1\NCCCC1Oc1cccnc1. The van der Waals surface area contributed by atoms with Gasteiger partial charge in [0.1, 0.15) is 17.6 Å². The average Bonchev–Trinajstić information content (AvgIpc) is 2.32. The minimum Gasteiger partial charge on any atom is -0.482 e. The minimum atomic E-state index is -0.465. The second kappa shape index (κ2) is 5.29. The summed E-state index contributed by atoms with van der Waals surface area (Å²) in [6, 6.07) is 3.55. The molecule has 6 heteroatoms. The van der Waals surface area contributed by atoms with Gasteiger partial charge in [-0.1, -0.05) is 0 Å². The van der Waals surface area contributed by atoms with E-state index in [0.717, 1.165) is 25.6 Å². The smallest absolute Gasteiger partial charge is 0.257 e. The Kier molecular flexibility index (Phi) is 3.54. The van der Waals surface area contributed by atoms with Crippen molar-refractivity contribution in [1.82, 2.24) is 10.3 Å². The van der Waals surface area contributed by atoms with E-state index in [1.165, 1.54) is 0 Å². The fourth-order valence-corrected chi connectivity index (χ4v) is 1.74. The summed E-state index contributed by atoms with van der Waals surface area (Å²) in [6.07, 6.45) is 5.62. The normalized spacial score (nSPS) is 21.9. The number of piperidine rings is 1. The number of hydrogen-bond acceptors (Lipinski definition) is 5. The number of pyridine rings is 1. The van der Waals surface area contributed by atoms with Crippen molar-refractivity contribution in [3.8, 4) is 5.75 Å². The fraction of sp³-hybridized carbons (Fsp3) is 0.364. The molecule has 1 N–H and O–H groups in total. The van der Waals surface area contributed by atoms with Gasteiger partial charge in [0, 0.05) is 12.7 Å². The van der Waals surface area contributed by atoms with Gasteiger partial charge in [-0.15, -0.1) is 0 Å². The molecule has 1 unspecified atom stereocenters. The zero-order valence-corrected chi connectivity index (χ0v) is 9.20. The number of nitrogens with one attached hydrogen (secondary N) is 1. The number of aromatic nitrogens is 1. The van der Waals surface area contributed by atoms with Crippen molar-refractivity contribution in [1.29, 1.82) is 0 Å². The van der Waals surface area contributed by atoms with Gasteiger partial charge in [0.25, 0.3) is 6.20 Å². The van der Waals surface area contributed by atoms with Crippen LogP contribution in [0.4, 0.5) is 0 Å². The van der Waals surface area contributed by atoms with Crippen LogP contribution in [0.3, 0.4) is 0 Å². The van der Waals surface area contributed by atoms with Gasteiger partial charge >= 0.3 is 0 Å². The Labute approximate surface area is 98.5 Å². The highest BCUT2D eigenvalue weighted by Gasteiger charge is 2.23. The molecule has 2 heterocycles. The summed E-state index contributed by atoms with van der Waals surface area (Å²) in [7, 11) is 0. The summed E-state index contributed by atoms with van der Waals surface area (Å²) in [6.45, 7) is 0.743. The summed E-state index contributed by atoms with van der Waals surface area (Å²) in [5.41, 5.74) is 0.519. The highest BCUT2D eigenvalue weighted by molar-refractivity contribution is 5.18. The lowest BCUT2D eigenvalue weighted by Crippen LogP contribution is -2.35. The van der Waals surface area contributed by atoms with E-state index in [0.29, 0.717) is 11.4 Å². The molecule has 90 valence electrons. The van der Waals surface area contributed by atoms with Crippen LogP contribution in [0.1, 0.15) is 12.8 Å². The molecular weight excluding hydrogens is 222 g/mol. The minimum absolute atomic E-state index is 0.293. The molecule has 1 aliphatic rings. The van der Waals surface area contributed by atoms with Crippen LogP contribution in [0, 0.1) is 10.1 Å². The van der Waals surface area contributed by atoms with E-state index < -0.39 is 4.92 Å². The molecule has 2 rings (SSSR count). The zero-order valence-electron chi connectivity index (χ0n) is 9.20. The van der Waals surface area contributed by atoms with E-state index in [9.17, 15) is 10.1 Å². The predicted molar refractivity (Wildman–Crippen MR) is 61.0 cm³/mol.